The van der Waals surface area contributed by atoms with Crippen LogP contribution >= 0.6 is 11.3 Å². The highest BCUT2D eigenvalue weighted by Gasteiger charge is 2.27. The SMILES string of the molecule is CC(C)N1CCCCC1c1nc(CCC(=O)O)cs1. The number of carbonyl (C=O) groups is 1. The van der Waals surface area contributed by atoms with Crippen LogP contribution in [0.3, 0.4) is 0 Å². The highest BCUT2D eigenvalue weighted by molar-refractivity contribution is 7.09. The summed E-state index contributed by atoms with van der Waals surface area (Å²) in [5.74, 6) is -0.754. The topological polar surface area (TPSA) is 53.4 Å². The number of thiazole rings is 1. The molecule has 1 saturated heterocycles. The lowest BCUT2D eigenvalue weighted by molar-refractivity contribution is -0.136. The van der Waals surface area contributed by atoms with Gasteiger partial charge in [0.1, 0.15) is 5.01 Å². The Bertz CT molecular complexity index is 431. The lowest BCUT2D eigenvalue weighted by Crippen LogP contribution is -2.38. The number of aryl methyl sites for hydroxylation is 1. The van der Waals surface area contributed by atoms with Crippen molar-refractivity contribution in [3.8, 4) is 0 Å². The number of likely N-dealkylation sites (tertiary alicyclic amines) is 1. The molecule has 1 aliphatic heterocycles. The van der Waals surface area contributed by atoms with Gasteiger partial charge in [-0.05, 0) is 33.2 Å². The zero-order valence-electron chi connectivity index (χ0n) is 11.6. The Morgan fingerprint density at radius 1 is 1.58 bits per heavy atom. The molecule has 0 amide bonds. The predicted molar refractivity (Wildman–Crippen MR) is 76.5 cm³/mol. The van der Waals surface area contributed by atoms with Gasteiger partial charge in [0.2, 0.25) is 0 Å². The summed E-state index contributed by atoms with van der Waals surface area (Å²) < 4.78 is 0. The lowest BCUT2D eigenvalue weighted by Gasteiger charge is -2.37. The summed E-state index contributed by atoms with van der Waals surface area (Å²) in [5.41, 5.74) is 0.927. The summed E-state index contributed by atoms with van der Waals surface area (Å²) in [6.45, 7) is 5.61. The molecule has 19 heavy (non-hydrogen) atoms. The molecule has 1 aromatic rings. The van der Waals surface area contributed by atoms with E-state index < -0.39 is 5.97 Å². The molecular formula is C14H22N2O2S. The van der Waals surface area contributed by atoms with Crippen LogP contribution in [0.25, 0.3) is 0 Å². The number of nitrogens with zero attached hydrogens (tertiary/aromatic N) is 2. The van der Waals surface area contributed by atoms with Gasteiger partial charge in [0.15, 0.2) is 0 Å². The van der Waals surface area contributed by atoms with Crippen molar-refractivity contribution < 1.29 is 9.90 Å². The second-order valence-electron chi connectivity index (χ2n) is 5.41. The largest absolute Gasteiger partial charge is 0.481 e. The maximum atomic E-state index is 10.6. The second kappa shape index (κ2) is 6.48. The van der Waals surface area contributed by atoms with Crippen LogP contribution < -0.4 is 0 Å². The quantitative estimate of drug-likeness (QED) is 0.901. The monoisotopic (exact) mass is 282 g/mol. The molecule has 106 valence electrons. The number of hydrogen-bond acceptors (Lipinski definition) is 4. The molecule has 2 rings (SSSR count). The van der Waals surface area contributed by atoms with Crippen LogP contribution in [0.1, 0.15) is 56.3 Å². The van der Waals surface area contributed by atoms with Gasteiger partial charge in [0.25, 0.3) is 0 Å². The van der Waals surface area contributed by atoms with Gasteiger partial charge in [-0.2, -0.15) is 0 Å². The smallest absolute Gasteiger partial charge is 0.303 e. The third kappa shape index (κ3) is 3.76. The number of rotatable bonds is 5. The van der Waals surface area contributed by atoms with Crippen LogP contribution in [-0.2, 0) is 11.2 Å². The fourth-order valence-electron chi connectivity index (χ4n) is 2.66. The first-order valence-corrected chi connectivity index (χ1v) is 7.87. The third-order valence-corrected chi connectivity index (χ3v) is 4.65. The standard InChI is InChI=1S/C14H22N2O2S/c1-10(2)16-8-4-3-5-12(16)14-15-11(9-19-14)6-7-13(17)18/h9-10,12H,3-8H2,1-2H3,(H,17,18). The molecule has 1 aromatic heterocycles. The molecule has 1 atom stereocenters. The number of carboxylic acids is 1. The molecule has 1 unspecified atom stereocenters. The number of carboxylic acid groups (broad SMARTS) is 1. The minimum Gasteiger partial charge on any atom is -0.481 e. The summed E-state index contributed by atoms with van der Waals surface area (Å²) in [6.07, 6.45) is 4.41. The Hall–Kier alpha value is -0.940. The Morgan fingerprint density at radius 3 is 3.05 bits per heavy atom. The molecule has 0 saturated carbocycles. The van der Waals surface area contributed by atoms with E-state index >= 15 is 0 Å². The van der Waals surface area contributed by atoms with Gasteiger partial charge in [-0.15, -0.1) is 11.3 Å². The third-order valence-electron chi connectivity index (χ3n) is 3.66. The Balaban J connectivity index is 2.05. The molecular weight excluding hydrogens is 260 g/mol. The van der Waals surface area contributed by atoms with E-state index in [0.717, 1.165) is 17.2 Å². The Kier molecular flexibility index (Phi) is 4.93. The molecule has 0 spiro atoms. The average molecular weight is 282 g/mol. The van der Waals surface area contributed by atoms with Crippen molar-refractivity contribution in [2.45, 2.75) is 58.0 Å². The summed E-state index contributed by atoms with van der Waals surface area (Å²) in [7, 11) is 0. The molecule has 4 nitrogen and oxygen atoms in total. The van der Waals surface area contributed by atoms with Gasteiger partial charge in [0, 0.05) is 17.8 Å². The van der Waals surface area contributed by atoms with E-state index in [9.17, 15) is 4.79 Å². The lowest BCUT2D eigenvalue weighted by atomic mass is 10.0. The van der Waals surface area contributed by atoms with E-state index in [2.05, 4.69) is 23.7 Å². The Morgan fingerprint density at radius 2 is 2.37 bits per heavy atom. The number of aromatic nitrogens is 1. The summed E-state index contributed by atoms with van der Waals surface area (Å²) in [6, 6.07) is 0.967. The van der Waals surface area contributed by atoms with Gasteiger partial charge < -0.3 is 5.11 Å². The molecule has 0 aromatic carbocycles. The molecule has 1 fully saturated rings. The normalized spacial score (nSPS) is 20.9. The number of aliphatic carboxylic acids is 1. The molecule has 1 aliphatic rings. The number of hydrogen-bond donors (Lipinski definition) is 1. The maximum absolute atomic E-state index is 10.6. The first-order chi connectivity index (χ1) is 9.08. The predicted octanol–water partition coefficient (Wildman–Crippen LogP) is 3.10. The molecule has 1 N–H and O–H groups in total. The van der Waals surface area contributed by atoms with Crippen molar-refractivity contribution >= 4 is 17.3 Å². The Labute approximate surface area is 118 Å². The van der Waals surface area contributed by atoms with E-state index in [0.29, 0.717) is 18.5 Å². The van der Waals surface area contributed by atoms with Gasteiger partial charge in [-0.1, -0.05) is 6.42 Å². The summed E-state index contributed by atoms with van der Waals surface area (Å²) >= 11 is 1.68. The van der Waals surface area contributed by atoms with Crippen molar-refractivity contribution in [2.75, 3.05) is 6.54 Å². The first-order valence-electron chi connectivity index (χ1n) is 6.99. The van der Waals surface area contributed by atoms with Gasteiger partial charge >= 0.3 is 5.97 Å². The van der Waals surface area contributed by atoms with E-state index in [4.69, 9.17) is 5.11 Å². The fraction of sp³-hybridized carbons (Fsp3) is 0.714. The van der Waals surface area contributed by atoms with Crippen molar-refractivity contribution in [3.63, 3.8) is 0 Å². The highest BCUT2D eigenvalue weighted by atomic mass is 32.1. The zero-order chi connectivity index (χ0) is 13.8. The maximum Gasteiger partial charge on any atom is 0.303 e. The van der Waals surface area contributed by atoms with Crippen LogP contribution in [0.15, 0.2) is 5.38 Å². The van der Waals surface area contributed by atoms with Gasteiger partial charge in [-0.3, -0.25) is 9.69 Å². The van der Waals surface area contributed by atoms with Crippen molar-refractivity contribution in [3.05, 3.63) is 16.1 Å². The van der Waals surface area contributed by atoms with Crippen molar-refractivity contribution in [1.29, 1.82) is 0 Å². The van der Waals surface area contributed by atoms with Crippen LogP contribution in [0.2, 0.25) is 0 Å². The number of piperidine rings is 1. The average Bonchev–Trinajstić information content (AvgIpc) is 2.85. The molecule has 0 aliphatic carbocycles. The van der Waals surface area contributed by atoms with Crippen LogP contribution in [0.4, 0.5) is 0 Å². The van der Waals surface area contributed by atoms with Crippen molar-refractivity contribution in [2.24, 2.45) is 0 Å². The van der Waals surface area contributed by atoms with Crippen LogP contribution in [0.5, 0.6) is 0 Å². The minimum atomic E-state index is -0.754. The molecule has 5 heteroatoms. The minimum absolute atomic E-state index is 0.168. The zero-order valence-corrected chi connectivity index (χ0v) is 12.4. The fourth-order valence-corrected chi connectivity index (χ4v) is 3.67. The highest BCUT2D eigenvalue weighted by Crippen LogP contribution is 2.34. The molecule has 2 heterocycles. The van der Waals surface area contributed by atoms with E-state index in [1.165, 1.54) is 19.3 Å². The van der Waals surface area contributed by atoms with E-state index in [-0.39, 0.29) is 6.42 Å². The van der Waals surface area contributed by atoms with E-state index in [1.54, 1.807) is 11.3 Å². The first kappa shape index (κ1) is 14.5. The summed E-state index contributed by atoms with van der Waals surface area (Å²) in [4.78, 5) is 17.8. The van der Waals surface area contributed by atoms with E-state index in [1.807, 2.05) is 5.38 Å². The molecule has 0 bridgehead atoms. The molecule has 0 radical (unpaired) electrons. The van der Waals surface area contributed by atoms with Gasteiger partial charge in [-0.25, -0.2) is 4.98 Å². The van der Waals surface area contributed by atoms with Crippen LogP contribution in [0, 0.1) is 0 Å². The van der Waals surface area contributed by atoms with Crippen LogP contribution in [-0.4, -0.2) is 33.5 Å². The second-order valence-corrected chi connectivity index (χ2v) is 6.30. The van der Waals surface area contributed by atoms with Crippen molar-refractivity contribution in [1.82, 2.24) is 9.88 Å². The summed E-state index contributed by atoms with van der Waals surface area (Å²) in [5, 5.41) is 11.9. The van der Waals surface area contributed by atoms with Gasteiger partial charge in [0.05, 0.1) is 18.2 Å².